The van der Waals surface area contributed by atoms with Crippen molar-refractivity contribution in [2.45, 2.75) is 38.2 Å². The smallest absolute Gasteiger partial charge is 0.412 e. The lowest BCUT2D eigenvalue weighted by molar-refractivity contribution is -0.140. The Morgan fingerprint density at radius 1 is 1.03 bits per heavy atom. The molecule has 1 saturated carbocycles. The third-order valence-corrected chi connectivity index (χ3v) is 7.76. The molecule has 4 aromatic rings. The SMILES string of the molecule is Cc1nsc(-c2ccc(-c3ccc(C4(C(=O)O)CC4)cc3)cc2)c1NC(=O)O[C@H](C)c1cccc(F)c1. The zero-order chi connectivity index (χ0) is 26.2. The van der Waals surface area contributed by atoms with Crippen LogP contribution in [0.2, 0.25) is 0 Å². The van der Waals surface area contributed by atoms with Gasteiger partial charge in [0.15, 0.2) is 0 Å². The zero-order valence-corrected chi connectivity index (χ0v) is 21.1. The molecule has 1 aliphatic rings. The van der Waals surface area contributed by atoms with Crippen LogP contribution in [0.3, 0.4) is 0 Å². The first-order valence-electron chi connectivity index (χ1n) is 11.9. The minimum absolute atomic E-state index is 0.389. The molecule has 8 heteroatoms. The van der Waals surface area contributed by atoms with Crippen molar-refractivity contribution in [1.82, 2.24) is 4.37 Å². The molecule has 0 radical (unpaired) electrons. The van der Waals surface area contributed by atoms with E-state index in [1.807, 2.05) is 55.5 Å². The summed E-state index contributed by atoms with van der Waals surface area (Å²) in [5, 5.41) is 12.3. The van der Waals surface area contributed by atoms with Crippen LogP contribution < -0.4 is 5.32 Å². The van der Waals surface area contributed by atoms with E-state index in [4.69, 9.17) is 4.74 Å². The molecule has 0 spiro atoms. The maximum atomic E-state index is 13.5. The normalized spacial score (nSPS) is 14.6. The van der Waals surface area contributed by atoms with Crippen LogP contribution >= 0.6 is 11.5 Å². The number of rotatable bonds is 7. The Morgan fingerprint density at radius 2 is 1.65 bits per heavy atom. The van der Waals surface area contributed by atoms with Crippen molar-refractivity contribution in [1.29, 1.82) is 0 Å². The summed E-state index contributed by atoms with van der Waals surface area (Å²) in [7, 11) is 0. The van der Waals surface area contributed by atoms with Crippen molar-refractivity contribution in [2.75, 3.05) is 5.32 Å². The number of halogens is 1. The first-order valence-corrected chi connectivity index (χ1v) is 12.7. The second-order valence-electron chi connectivity index (χ2n) is 9.24. The highest BCUT2D eigenvalue weighted by Gasteiger charge is 2.51. The van der Waals surface area contributed by atoms with Gasteiger partial charge in [-0.3, -0.25) is 10.1 Å². The molecule has 1 heterocycles. The van der Waals surface area contributed by atoms with E-state index < -0.39 is 23.6 Å². The molecule has 0 saturated heterocycles. The van der Waals surface area contributed by atoms with Gasteiger partial charge in [-0.2, -0.15) is 4.37 Å². The van der Waals surface area contributed by atoms with Crippen LogP contribution in [-0.2, 0) is 14.9 Å². The number of carbonyl (C=O) groups is 2. The van der Waals surface area contributed by atoms with Gasteiger partial charge in [-0.15, -0.1) is 0 Å². The average molecular weight is 517 g/mol. The lowest BCUT2D eigenvalue weighted by Crippen LogP contribution is -2.19. The molecular formula is C29H25FN2O4S. The molecule has 1 aliphatic carbocycles. The number of aryl methyl sites for hydroxylation is 1. The number of nitrogens with one attached hydrogen (secondary N) is 1. The molecule has 1 aromatic heterocycles. The number of carboxylic acid groups (broad SMARTS) is 1. The molecule has 2 N–H and O–H groups in total. The highest BCUT2D eigenvalue weighted by molar-refractivity contribution is 7.10. The fourth-order valence-electron chi connectivity index (χ4n) is 4.38. The second kappa shape index (κ2) is 9.78. The molecule has 188 valence electrons. The summed E-state index contributed by atoms with van der Waals surface area (Å²) in [4.78, 5) is 25.0. The Labute approximate surface area is 217 Å². The van der Waals surface area contributed by atoms with Gasteiger partial charge in [-0.05, 0) is 78.2 Å². The Morgan fingerprint density at radius 3 is 2.24 bits per heavy atom. The standard InChI is InChI=1S/C29H25FN2O4S/c1-17-25(31-28(35)36-18(2)22-4-3-5-24(30)16-22)26(37-32-17)21-8-6-19(7-9-21)20-10-12-23(13-11-20)29(14-15-29)27(33)34/h3-13,16,18H,14-15H2,1-2H3,(H,31,35)(H,33,34)/t18-/m1/s1. The van der Waals surface area contributed by atoms with E-state index in [9.17, 15) is 19.1 Å². The van der Waals surface area contributed by atoms with Crippen LogP contribution in [-0.4, -0.2) is 21.5 Å². The van der Waals surface area contributed by atoms with Gasteiger partial charge >= 0.3 is 12.1 Å². The van der Waals surface area contributed by atoms with Gasteiger partial charge in [-0.25, -0.2) is 9.18 Å². The van der Waals surface area contributed by atoms with Crippen molar-refractivity contribution >= 4 is 29.3 Å². The van der Waals surface area contributed by atoms with E-state index in [0.29, 0.717) is 29.8 Å². The predicted octanol–water partition coefficient (Wildman–Crippen LogP) is 7.35. The van der Waals surface area contributed by atoms with Crippen LogP contribution in [0.1, 0.15) is 42.7 Å². The molecule has 3 aromatic carbocycles. The van der Waals surface area contributed by atoms with E-state index in [0.717, 1.165) is 27.1 Å². The zero-order valence-electron chi connectivity index (χ0n) is 20.3. The quantitative estimate of drug-likeness (QED) is 0.268. The second-order valence-corrected chi connectivity index (χ2v) is 10.0. The fraction of sp³-hybridized carbons (Fsp3) is 0.207. The monoisotopic (exact) mass is 516 g/mol. The number of nitrogens with zero attached hydrogens (tertiary/aromatic N) is 1. The largest absolute Gasteiger partial charge is 0.481 e. The molecule has 5 rings (SSSR count). The van der Waals surface area contributed by atoms with Gasteiger partial charge in [0.25, 0.3) is 0 Å². The Bertz CT molecular complexity index is 1460. The van der Waals surface area contributed by atoms with Crippen molar-refractivity contribution in [2.24, 2.45) is 0 Å². The molecule has 0 aliphatic heterocycles. The number of hydrogen-bond acceptors (Lipinski definition) is 5. The fourth-order valence-corrected chi connectivity index (χ4v) is 5.23. The highest BCUT2D eigenvalue weighted by Crippen LogP contribution is 2.48. The van der Waals surface area contributed by atoms with Gasteiger partial charge in [0.1, 0.15) is 11.9 Å². The lowest BCUT2D eigenvalue weighted by Gasteiger charge is -2.15. The van der Waals surface area contributed by atoms with Crippen LogP contribution in [0.4, 0.5) is 14.9 Å². The van der Waals surface area contributed by atoms with Crippen molar-refractivity contribution in [3.05, 3.63) is 95.4 Å². The molecule has 0 bridgehead atoms. The molecule has 1 atom stereocenters. The van der Waals surface area contributed by atoms with E-state index in [1.165, 1.54) is 23.7 Å². The highest BCUT2D eigenvalue weighted by atomic mass is 32.1. The molecule has 6 nitrogen and oxygen atoms in total. The Balaban J connectivity index is 1.30. The van der Waals surface area contributed by atoms with Gasteiger partial charge in [-0.1, -0.05) is 60.7 Å². The number of aromatic nitrogens is 1. The van der Waals surface area contributed by atoms with Gasteiger partial charge < -0.3 is 9.84 Å². The van der Waals surface area contributed by atoms with E-state index in [-0.39, 0.29) is 5.82 Å². The Kier molecular flexibility index (Phi) is 6.52. The number of carboxylic acids is 1. The molecule has 1 amide bonds. The number of anilines is 1. The average Bonchev–Trinajstić information content (AvgIpc) is 3.64. The van der Waals surface area contributed by atoms with E-state index in [2.05, 4.69) is 9.69 Å². The minimum atomic E-state index is -0.763. The van der Waals surface area contributed by atoms with Crippen molar-refractivity contribution < 1.29 is 23.8 Å². The summed E-state index contributed by atoms with van der Waals surface area (Å²) >= 11 is 1.28. The van der Waals surface area contributed by atoms with E-state index in [1.54, 1.807) is 19.1 Å². The summed E-state index contributed by atoms with van der Waals surface area (Å²) in [6.07, 6.45) is 0.0890. The lowest BCUT2D eigenvalue weighted by atomic mass is 9.93. The number of aliphatic carboxylic acids is 1. The first kappa shape index (κ1) is 24.6. The van der Waals surface area contributed by atoms with Gasteiger partial charge in [0.05, 0.1) is 21.7 Å². The maximum Gasteiger partial charge on any atom is 0.412 e. The number of amides is 1. The van der Waals surface area contributed by atoms with Crippen LogP contribution in [0.15, 0.2) is 72.8 Å². The van der Waals surface area contributed by atoms with Gasteiger partial charge in [0, 0.05) is 0 Å². The maximum absolute atomic E-state index is 13.5. The summed E-state index contributed by atoms with van der Waals surface area (Å²) < 4.78 is 23.4. The summed E-state index contributed by atoms with van der Waals surface area (Å²) in [6.45, 7) is 3.50. The van der Waals surface area contributed by atoms with E-state index >= 15 is 0 Å². The topological polar surface area (TPSA) is 88.5 Å². The number of benzene rings is 3. The third kappa shape index (κ3) is 4.97. The predicted molar refractivity (Wildman–Crippen MR) is 141 cm³/mol. The Hall–Kier alpha value is -4.04. The van der Waals surface area contributed by atoms with Crippen molar-refractivity contribution in [3.63, 3.8) is 0 Å². The molecule has 0 unspecified atom stereocenters. The summed E-state index contributed by atoms with van der Waals surface area (Å²) in [5.74, 6) is -1.15. The molecule has 37 heavy (non-hydrogen) atoms. The van der Waals surface area contributed by atoms with Crippen LogP contribution in [0, 0.1) is 12.7 Å². The third-order valence-electron chi connectivity index (χ3n) is 6.77. The minimum Gasteiger partial charge on any atom is -0.481 e. The summed E-state index contributed by atoms with van der Waals surface area (Å²) in [5.41, 5.74) is 4.81. The molecule has 1 fully saturated rings. The first-order chi connectivity index (χ1) is 17.8. The van der Waals surface area contributed by atoms with Gasteiger partial charge in [0.2, 0.25) is 0 Å². The van der Waals surface area contributed by atoms with Crippen LogP contribution in [0.25, 0.3) is 21.6 Å². The van der Waals surface area contributed by atoms with Crippen molar-refractivity contribution in [3.8, 4) is 21.6 Å². The number of carbonyl (C=O) groups excluding carboxylic acids is 1. The van der Waals surface area contributed by atoms with Crippen LogP contribution in [0.5, 0.6) is 0 Å². The number of hydrogen-bond donors (Lipinski definition) is 2. The summed E-state index contributed by atoms with van der Waals surface area (Å²) in [6, 6.07) is 21.5. The molecular weight excluding hydrogens is 491 g/mol. The number of ether oxygens (including phenoxy) is 1.